The van der Waals surface area contributed by atoms with E-state index in [1.165, 1.54) is 6.08 Å². The largest absolute Gasteiger partial charge is 0.452 e. The van der Waals surface area contributed by atoms with Crippen molar-refractivity contribution in [2.24, 2.45) is 0 Å². The van der Waals surface area contributed by atoms with Crippen LogP contribution in [0.15, 0.2) is 36.0 Å². The van der Waals surface area contributed by atoms with E-state index >= 15 is 0 Å². The Hall–Kier alpha value is -1.21. The normalized spacial score (nSPS) is 21.1. The van der Waals surface area contributed by atoms with Gasteiger partial charge in [0, 0.05) is 0 Å². The molecule has 130 valence electrons. The van der Waals surface area contributed by atoms with E-state index in [-0.39, 0.29) is 5.04 Å². The van der Waals surface area contributed by atoms with Crippen molar-refractivity contribution in [1.82, 2.24) is 0 Å². The SMILES string of the molecule is CC(C)(C)[Si](C)(C)OC/C=C/C=C/C1=C[C@@H]([C@@H](O)CO)OC1=O. The van der Waals surface area contributed by atoms with Crippen molar-refractivity contribution in [2.75, 3.05) is 13.2 Å². The second kappa shape index (κ2) is 8.05. The van der Waals surface area contributed by atoms with Crippen LogP contribution in [0.4, 0.5) is 0 Å². The summed E-state index contributed by atoms with van der Waals surface area (Å²) in [6.07, 6.45) is 6.72. The Morgan fingerprint density at radius 1 is 1.39 bits per heavy atom. The highest BCUT2D eigenvalue weighted by molar-refractivity contribution is 6.74. The highest BCUT2D eigenvalue weighted by Gasteiger charge is 2.36. The van der Waals surface area contributed by atoms with E-state index in [1.807, 2.05) is 12.2 Å². The number of aliphatic hydroxyl groups is 2. The van der Waals surface area contributed by atoms with E-state index in [1.54, 1.807) is 12.2 Å². The van der Waals surface area contributed by atoms with Crippen LogP contribution < -0.4 is 0 Å². The number of ether oxygens (including phenoxy) is 1. The molecule has 1 rings (SSSR count). The molecule has 0 fully saturated rings. The van der Waals surface area contributed by atoms with Crippen LogP contribution >= 0.6 is 0 Å². The number of hydrogen-bond donors (Lipinski definition) is 2. The highest BCUT2D eigenvalue weighted by Crippen LogP contribution is 2.36. The fraction of sp³-hybridized carbons (Fsp3) is 0.588. The molecule has 2 N–H and O–H groups in total. The second-order valence-corrected chi connectivity index (χ2v) is 11.9. The molecular weight excluding hydrogens is 312 g/mol. The summed E-state index contributed by atoms with van der Waals surface area (Å²) < 4.78 is 11.0. The topological polar surface area (TPSA) is 76.0 Å². The molecule has 23 heavy (non-hydrogen) atoms. The molecule has 2 atom stereocenters. The van der Waals surface area contributed by atoms with Crippen LogP contribution in [0.25, 0.3) is 0 Å². The summed E-state index contributed by atoms with van der Waals surface area (Å²) in [7, 11) is -1.74. The average Bonchev–Trinajstić information content (AvgIpc) is 2.82. The van der Waals surface area contributed by atoms with Crippen LogP contribution in [0.5, 0.6) is 0 Å². The van der Waals surface area contributed by atoms with E-state index in [4.69, 9.17) is 14.3 Å². The monoisotopic (exact) mass is 340 g/mol. The van der Waals surface area contributed by atoms with Crippen molar-refractivity contribution in [3.8, 4) is 0 Å². The summed E-state index contributed by atoms with van der Waals surface area (Å²) in [6.45, 7) is 11.1. The molecular formula is C17H28O5Si. The van der Waals surface area contributed by atoms with E-state index < -0.39 is 33.1 Å². The maximum absolute atomic E-state index is 11.6. The van der Waals surface area contributed by atoms with Gasteiger partial charge in [0.2, 0.25) is 0 Å². The first-order valence-electron chi connectivity index (χ1n) is 7.77. The van der Waals surface area contributed by atoms with Crippen LogP contribution in [-0.2, 0) is 14.0 Å². The third-order valence-corrected chi connectivity index (χ3v) is 8.76. The molecule has 0 spiro atoms. The number of hydrogen-bond acceptors (Lipinski definition) is 5. The first-order chi connectivity index (χ1) is 10.6. The van der Waals surface area contributed by atoms with Gasteiger partial charge in [-0.2, -0.15) is 0 Å². The Balaban J connectivity index is 2.49. The Labute approximate surface area is 139 Å². The Bertz CT molecular complexity index is 500. The standard InChI is InChI=1S/C17H28O5Si/c1-17(2,3)23(4,5)21-10-8-6-7-9-13-11-15(14(19)12-18)22-16(13)20/h6-9,11,14-15,18-19H,10,12H2,1-5H3/b8-6+,9-7+/t14-,15-/m0/s1. The van der Waals surface area contributed by atoms with Gasteiger partial charge in [-0.25, -0.2) is 4.79 Å². The zero-order valence-electron chi connectivity index (χ0n) is 14.6. The molecule has 1 aliphatic heterocycles. The predicted molar refractivity (Wildman–Crippen MR) is 92.5 cm³/mol. The Morgan fingerprint density at radius 3 is 2.61 bits per heavy atom. The van der Waals surface area contributed by atoms with Crippen LogP contribution in [0.3, 0.4) is 0 Å². The summed E-state index contributed by atoms with van der Waals surface area (Å²) in [5.41, 5.74) is 0.373. The predicted octanol–water partition coefficient (Wildman–Crippen LogP) is 2.33. The zero-order chi connectivity index (χ0) is 17.7. The number of carbonyl (C=O) groups is 1. The average molecular weight is 340 g/mol. The van der Waals surface area contributed by atoms with Crippen molar-refractivity contribution in [3.05, 3.63) is 36.0 Å². The Morgan fingerprint density at radius 2 is 2.04 bits per heavy atom. The Kier molecular flexibility index (Phi) is 6.95. The van der Waals surface area contributed by atoms with Gasteiger partial charge in [0.05, 0.1) is 18.8 Å². The van der Waals surface area contributed by atoms with E-state index in [0.29, 0.717) is 12.2 Å². The molecule has 1 heterocycles. The van der Waals surface area contributed by atoms with Crippen LogP contribution in [-0.4, -0.2) is 49.9 Å². The minimum absolute atomic E-state index is 0.178. The van der Waals surface area contributed by atoms with Gasteiger partial charge < -0.3 is 19.4 Å². The number of esters is 1. The molecule has 0 aromatic carbocycles. The molecule has 0 unspecified atom stereocenters. The van der Waals surface area contributed by atoms with Gasteiger partial charge in [-0.1, -0.05) is 39.0 Å². The van der Waals surface area contributed by atoms with Gasteiger partial charge >= 0.3 is 5.97 Å². The zero-order valence-corrected chi connectivity index (χ0v) is 15.6. The maximum atomic E-state index is 11.6. The fourth-order valence-electron chi connectivity index (χ4n) is 1.65. The lowest BCUT2D eigenvalue weighted by atomic mass is 10.1. The third kappa shape index (κ3) is 5.73. The summed E-state index contributed by atoms with van der Waals surface area (Å²) in [4.78, 5) is 11.6. The quantitative estimate of drug-likeness (QED) is 0.423. The van der Waals surface area contributed by atoms with Crippen molar-refractivity contribution in [3.63, 3.8) is 0 Å². The molecule has 0 saturated heterocycles. The van der Waals surface area contributed by atoms with Gasteiger partial charge in [-0.05, 0) is 30.3 Å². The molecule has 0 radical (unpaired) electrons. The van der Waals surface area contributed by atoms with E-state index in [2.05, 4.69) is 33.9 Å². The number of cyclic esters (lactones) is 1. The summed E-state index contributed by atoms with van der Waals surface area (Å²) >= 11 is 0. The van der Waals surface area contributed by atoms with Crippen LogP contribution in [0.1, 0.15) is 20.8 Å². The maximum Gasteiger partial charge on any atom is 0.338 e. The van der Waals surface area contributed by atoms with Crippen molar-refractivity contribution >= 4 is 14.3 Å². The summed E-state index contributed by atoms with van der Waals surface area (Å²) in [5.74, 6) is -0.496. The lowest BCUT2D eigenvalue weighted by Crippen LogP contribution is -2.40. The van der Waals surface area contributed by atoms with Crippen molar-refractivity contribution in [2.45, 2.75) is 51.1 Å². The smallest absolute Gasteiger partial charge is 0.338 e. The van der Waals surface area contributed by atoms with Gasteiger partial charge in [0.15, 0.2) is 8.32 Å². The summed E-state index contributed by atoms with van der Waals surface area (Å²) in [6, 6.07) is 0. The van der Waals surface area contributed by atoms with Gasteiger partial charge in [-0.15, -0.1) is 0 Å². The minimum Gasteiger partial charge on any atom is -0.452 e. The third-order valence-electron chi connectivity index (χ3n) is 4.26. The first kappa shape index (κ1) is 19.8. The molecule has 0 aromatic rings. The molecule has 0 saturated carbocycles. The molecule has 5 nitrogen and oxygen atoms in total. The first-order valence-corrected chi connectivity index (χ1v) is 10.7. The minimum atomic E-state index is -1.74. The van der Waals surface area contributed by atoms with E-state index in [0.717, 1.165) is 0 Å². The molecule has 1 aliphatic rings. The molecule has 6 heteroatoms. The van der Waals surface area contributed by atoms with E-state index in [9.17, 15) is 9.90 Å². The molecule has 0 aliphatic carbocycles. The number of carbonyl (C=O) groups excluding carboxylic acids is 1. The second-order valence-electron chi connectivity index (χ2n) is 7.10. The lowest BCUT2D eigenvalue weighted by molar-refractivity contribution is -0.144. The number of aliphatic hydroxyl groups excluding tert-OH is 2. The summed E-state index contributed by atoms with van der Waals surface area (Å²) in [5, 5.41) is 18.5. The van der Waals surface area contributed by atoms with Gasteiger partial charge in [0.25, 0.3) is 0 Å². The lowest BCUT2D eigenvalue weighted by Gasteiger charge is -2.35. The van der Waals surface area contributed by atoms with Crippen LogP contribution in [0, 0.1) is 0 Å². The molecule has 0 bridgehead atoms. The number of rotatable bonds is 7. The molecule has 0 aromatic heterocycles. The highest BCUT2D eigenvalue weighted by atomic mass is 28.4. The van der Waals surface area contributed by atoms with Gasteiger partial charge in [0.1, 0.15) is 12.2 Å². The number of allylic oxidation sites excluding steroid dienone is 2. The van der Waals surface area contributed by atoms with Crippen molar-refractivity contribution < 1.29 is 24.2 Å². The van der Waals surface area contributed by atoms with Crippen LogP contribution in [0.2, 0.25) is 18.1 Å². The van der Waals surface area contributed by atoms with Crippen molar-refractivity contribution in [1.29, 1.82) is 0 Å². The fourth-order valence-corrected chi connectivity index (χ4v) is 2.60. The molecule has 0 amide bonds. The van der Waals surface area contributed by atoms with Gasteiger partial charge in [-0.3, -0.25) is 0 Å².